The zero-order valence-electron chi connectivity index (χ0n) is 9.64. The summed E-state index contributed by atoms with van der Waals surface area (Å²) in [6.45, 7) is 3.19. The molecule has 92 valence electrons. The van der Waals surface area contributed by atoms with E-state index in [1.54, 1.807) is 13.8 Å². The number of aliphatic hydroxyl groups is 1. The van der Waals surface area contributed by atoms with Crippen molar-refractivity contribution in [3.05, 3.63) is 39.9 Å². The first-order chi connectivity index (χ1) is 7.79. The molecule has 6 nitrogen and oxygen atoms in total. The normalized spacial score (nSPS) is 11.0. The summed E-state index contributed by atoms with van der Waals surface area (Å²) in [6, 6.07) is 5.43. The third kappa shape index (κ3) is 4.20. The van der Waals surface area contributed by atoms with Crippen molar-refractivity contribution in [2.45, 2.75) is 19.4 Å². The van der Waals surface area contributed by atoms with E-state index in [0.717, 1.165) is 0 Å². The molecule has 0 atom stereocenters. The zero-order chi connectivity index (χ0) is 13.1. The Kier molecular flexibility index (Phi) is 3.80. The van der Waals surface area contributed by atoms with Gasteiger partial charge >= 0.3 is 0 Å². The van der Waals surface area contributed by atoms with Gasteiger partial charge in [0, 0.05) is 24.2 Å². The molecule has 6 heteroatoms. The van der Waals surface area contributed by atoms with Gasteiger partial charge in [0.1, 0.15) is 0 Å². The van der Waals surface area contributed by atoms with Gasteiger partial charge in [0.05, 0.1) is 10.5 Å². The van der Waals surface area contributed by atoms with E-state index in [0.29, 0.717) is 0 Å². The second kappa shape index (κ2) is 4.92. The van der Waals surface area contributed by atoms with Crippen molar-refractivity contribution in [1.29, 1.82) is 0 Å². The predicted molar refractivity (Wildman–Crippen MR) is 61.7 cm³/mol. The van der Waals surface area contributed by atoms with Crippen LogP contribution in [0.3, 0.4) is 0 Å². The molecular weight excluding hydrogens is 224 g/mol. The number of nitrogens with one attached hydrogen (secondary N) is 1. The molecule has 0 fully saturated rings. The molecule has 1 aromatic carbocycles. The van der Waals surface area contributed by atoms with Crippen LogP contribution in [0.2, 0.25) is 0 Å². The summed E-state index contributed by atoms with van der Waals surface area (Å²) in [5, 5.41) is 22.5. The van der Waals surface area contributed by atoms with Gasteiger partial charge in [-0.2, -0.15) is 0 Å². The highest BCUT2D eigenvalue weighted by Crippen LogP contribution is 2.13. The van der Waals surface area contributed by atoms with Gasteiger partial charge < -0.3 is 10.4 Å². The van der Waals surface area contributed by atoms with Gasteiger partial charge in [-0.25, -0.2) is 0 Å². The van der Waals surface area contributed by atoms with E-state index in [1.165, 1.54) is 24.3 Å². The predicted octanol–water partition coefficient (Wildman–Crippen LogP) is 1.10. The molecule has 0 aliphatic carbocycles. The van der Waals surface area contributed by atoms with Crippen LogP contribution in [0.5, 0.6) is 0 Å². The molecular formula is C11H14N2O4. The minimum Gasteiger partial charge on any atom is -0.389 e. The van der Waals surface area contributed by atoms with E-state index >= 15 is 0 Å². The molecule has 0 aromatic heterocycles. The lowest BCUT2D eigenvalue weighted by molar-refractivity contribution is -0.384. The molecule has 0 aliphatic heterocycles. The van der Waals surface area contributed by atoms with E-state index in [9.17, 15) is 20.0 Å². The first-order valence-electron chi connectivity index (χ1n) is 5.04. The second-order valence-corrected chi connectivity index (χ2v) is 4.30. The van der Waals surface area contributed by atoms with Gasteiger partial charge in [0.25, 0.3) is 11.6 Å². The van der Waals surface area contributed by atoms with Crippen LogP contribution in [0.4, 0.5) is 5.69 Å². The molecule has 17 heavy (non-hydrogen) atoms. The first-order valence-corrected chi connectivity index (χ1v) is 5.04. The Morgan fingerprint density at radius 1 is 1.53 bits per heavy atom. The second-order valence-electron chi connectivity index (χ2n) is 4.30. The maximum absolute atomic E-state index is 11.6. The van der Waals surface area contributed by atoms with Crippen LogP contribution in [0.25, 0.3) is 0 Å². The average molecular weight is 238 g/mol. The van der Waals surface area contributed by atoms with E-state index in [-0.39, 0.29) is 17.8 Å². The summed E-state index contributed by atoms with van der Waals surface area (Å²) in [6.07, 6.45) is 0. The number of amides is 1. The molecule has 0 aliphatic rings. The van der Waals surface area contributed by atoms with Crippen molar-refractivity contribution >= 4 is 11.6 Å². The van der Waals surface area contributed by atoms with Gasteiger partial charge in [-0.3, -0.25) is 14.9 Å². The largest absolute Gasteiger partial charge is 0.389 e. The van der Waals surface area contributed by atoms with Crippen molar-refractivity contribution in [2.24, 2.45) is 0 Å². The number of non-ortho nitro benzene ring substituents is 1. The zero-order valence-corrected chi connectivity index (χ0v) is 9.64. The van der Waals surface area contributed by atoms with Crippen LogP contribution >= 0.6 is 0 Å². The highest BCUT2D eigenvalue weighted by atomic mass is 16.6. The lowest BCUT2D eigenvalue weighted by Crippen LogP contribution is -2.38. The van der Waals surface area contributed by atoms with E-state index < -0.39 is 16.4 Å². The third-order valence-corrected chi connectivity index (χ3v) is 2.00. The fourth-order valence-corrected chi connectivity index (χ4v) is 1.16. The number of nitro groups is 1. The molecule has 0 bridgehead atoms. The minimum atomic E-state index is -1.02. The molecule has 2 N–H and O–H groups in total. The smallest absolute Gasteiger partial charge is 0.270 e. The number of hydrogen-bond acceptors (Lipinski definition) is 4. The molecule has 0 unspecified atom stereocenters. The Bertz CT molecular complexity index is 437. The minimum absolute atomic E-state index is 0.0779. The summed E-state index contributed by atoms with van der Waals surface area (Å²) in [7, 11) is 0. The fourth-order valence-electron chi connectivity index (χ4n) is 1.16. The van der Waals surface area contributed by atoms with Crippen molar-refractivity contribution < 1.29 is 14.8 Å². The van der Waals surface area contributed by atoms with E-state index in [2.05, 4.69) is 5.32 Å². The van der Waals surface area contributed by atoms with Gasteiger partial charge in [-0.05, 0) is 19.9 Å². The molecule has 0 heterocycles. The van der Waals surface area contributed by atoms with E-state index in [1.807, 2.05) is 0 Å². The van der Waals surface area contributed by atoms with Gasteiger partial charge in [0.2, 0.25) is 0 Å². The standard InChI is InChI=1S/C11H14N2O4/c1-11(2,15)7-12-10(14)8-4-3-5-9(6-8)13(16)17/h3-6,15H,7H2,1-2H3,(H,12,14). The third-order valence-electron chi connectivity index (χ3n) is 2.00. The number of benzene rings is 1. The van der Waals surface area contributed by atoms with Crippen LogP contribution in [0.15, 0.2) is 24.3 Å². The summed E-state index contributed by atoms with van der Waals surface area (Å²) in [5.41, 5.74) is -0.958. The summed E-state index contributed by atoms with van der Waals surface area (Å²) >= 11 is 0. The molecule has 0 spiro atoms. The van der Waals surface area contributed by atoms with Crippen LogP contribution in [0, 0.1) is 10.1 Å². The number of carbonyl (C=O) groups excluding carboxylic acids is 1. The number of nitro benzene ring substituents is 1. The molecule has 0 saturated heterocycles. The SMILES string of the molecule is CC(C)(O)CNC(=O)c1cccc([N+](=O)[O-])c1. The number of carbonyl (C=O) groups is 1. The maximum atomic E-state index is 11.6. The number of rotatable bonds is 4. The lowest BCUT2D eigenvalue weighted by Gasteiger charge is -2.17. The van der Waals surface area contributed by atoms with Crippen molar-refractivity contribution in [2.75, 3.05) is 6.54 Å². The highest BCUT2D eigenvalue weighted by Gasteiger charge is 2.16. The van der Waals surface area contributed by atoms with E-state index in [4.69, 9.17) is 0 Å². The Balaban J connectivity index is 2.76. The summed E-state index contributed by atoms with van der Waals surface area (Å²) < 4.78 is 0. The Morgan fingerprint density at radius 3 is 2.71 bits per heavy atom. The van der Waals surface area contributed by atoms with Crippen LogP contribution in [0.1, 0.15) is 24.2 Å². The van der Waals surface area contributed by atoms with Crippen molar-refractivity contribution in [3.8, 4) is 0 Å². The summed E-state index contributed by atoms with van der Waals surface area (Å²) in [5.74, 6) is -0.448. The number of hydrogen-bond donors (Lipinski definition) is 2. The van der Waals surface area contributed by atoms with Gasteiger partial charge in [0.15, 0.2) is 0 Å². The average Bonchev–Trinajstić information content (AvgIpc) is 2.25. The van der Waals surface area contributed by atoms with Crippen molar-refractivity contribution in [1.82, 2.24) is 5.32 Å². The molecule has 0 saturated carbocycles. The maximum Gasteiger partial charge on any atom is 0.270 e. The molecule has 0 radical (unpaired) electrons. The van der Waals surface area contributed by atoms with Crippen LogP contribution in [-0.4, -0.2) is 28.1 Å². The summed E-state index contributed by atoms with van der Waals surface area (Å²) in [4.78, 5) is 21.6. The Labute approximate surface area is 98.4 Å². The van der Waals surface area contributed by atoms with Gasteiger partial charge in [-0.15, -0.1) is 0 Å². The topological polar surface area (TPSA) is 92.5 Å². The fraction of sp³-hybridized carbons (Fsp3) is 0.364. The lowest BCUT2D eigenvalue weighted by atomic mass is 10.1. The van der Waals surface area contributed by atoms with Gasteiger partial charge in [-0.1, -0.05) is 6.07 Å². The van der Waals surface area contributed by atoms with Crippen molar-refractivity contribution in [3.63, 3.8) is 0 Å². The molecule has 1 rings (SSSR count). The first kappa shape index (κ1) is 13.1. The Hall–Kier alpha value is -1.95. The van der Waals surface area contributed by atoms with Crippen LogP contribution in [-0.2, 0) is 0 Å². The van der Waals surface area contributed by atoms with Crippen LogP contribution < -0.4 is 5.32 Å². The quantitative estimate of drug-likeness (QED) is 0.606. The molecule has 1 amide bonds. The molecule has 1 aromatic rings. The number of nitrogens with zero attached hydrogens (tertiary/aromatic N) is 1. The Morgan fingerprint density at radius 2 is 2.18 bits per heavy atom. The monoisotopic (exact) mass is 238 g/mol. The highest BCUT2D eigenvalue weighted by molar-refractivity contribution is 5.94.